The summed E-state index contributed by atoms with van der Waals surface area (Å²) in [5.41, 5.74) is 0.818. The third kappa shape index (κ3) is 2.60. The molecular weight excluding hydrogens is 179 g/mol. The molecule has 1 aromatic carbocycles. The summed E-state index contributed by atoms with van der Waals surface area (Å²) in [6, 6.07) is 6.19. The zero-order chi connectivity index (χ0) is 10.4. The van der Waals surface area contributed by atoms with E-state index in [1.54, 1.807) is 18.2 Å². The summed E-state index contributed by atoms with van der Waals surface area (Å²) in [7, 11) is 0. The molecule has 0 fully saturated rings. The molecule has 3 heteroatoms. The predicted molar refractivity (Wildman–Crippen MR) is 54.4 cm³/mol. The number of nitrogens with zero attached hydrogens (tertiary/aromatic N) is 1. The van der Waals surface area contributed by atoms with Crippen LogP contribution in [0.25, 0.3) is 0 Å². The highest BCUT2D eigenvalue weighted by molar-refractivity contribution is 5.49. The van der Waals surface area contributed by atoms with Gasteiger partial charge in [-0.05, 0) is 24.6 Å². The lowest BCUT2D eigenvalue weighted by Crippen LogP contribution is -2.00. The van der Waals surface area contributed by atoms with Gasteiger partial charge in [-0.3, -0.25) is 0 Å². The summed E-state index contributed by atoms with van der Waals surface area (Å²) >= 11 is 0. The van der Waals surface area contributed by atoms with Gasteiger partial charge < -0.3 is 5.32 Å². The van der Waals surface area contributed by atoms with E-state index in [4.69, 9.17) is 5.26 Å². The highest BCUT2D eigenvalue weighted by Crippen LogP contribution is 2.13. The van der Waals surface area contributed by atoms with Crippen LogP contribution in [-0.2, 0) is 0 Å². The number of hydrogen-bond acceptors (Lipinski definition) is 2. The van der Waals surface area contributed by atoms with Crippen molar-refractivity contribution >= 4 is 5.69 Å². The summed E-state index contributed by atoms with van der Waals surface area (Å²) in [6.07, 6.45) is 2.63. The molecule has 0 atom stereocenters. The molecule has 0 spiro atoms. The van der Waals surface area contributed by atoms with Crippen molar-refractivity contribution < 1.29 is 4.39 Å². The molecule has 0 heterocycles. The fourth-order valence-corrected chi connectivity index (χ4v) is 1.04. The van der Waals surface area contributed by atoms with Gasteiger partial charge in [0.2, 0.25) is 0 Å². The molecule has 0 aliphatic heterocycles. The lowest BCUT2D eigenvalue weighted by molar-refractivity contribution is 0.624. The molecule has 1 N–H and O–H groups in total. The largest absolute Gasteiger partial charge is 0.385 e. The first kappa shape index (κ1) is 10.3. The smallest absolute Gasteiger partial charge is 0.141 e. The monoisotopic (exact) mass is 190 g/mol. The predicted octanol–water partition coefficient (Wildman–Crippen LogP) is 2.69. The van der Waals surface area contributed by atoms with Gasteiger partial charge in [0.05, 0.1) is 5.56 Å². The molecule has 0 amide bonds. The highest BCUT2D eigenvalue weighted by Gasteiger charge is 2.01. The van der Waals surface area contributed by atoms with Gasteiger partial charge in [-0.1, -0.05) is 6.08 Å². The van der Waals surface area contributed by atoms with E-state index in [0.717, 1.165) is 18.7 Å². The van der Waals surface area contributed by atoms with Gasteiger partial charge in [0.15, 0.2) is 0 Å². The molecule has 0 aliphatic rings. The van der Waals surface area contributed by atoms with E-state index in [1.165, 1.54) is 12.1 Å². The van der Waals surface area contributed by atoms with E-state index in [1.807, 2.05) is 0 Å². The van der Waals surface area contributed by atoms with Crippen LogP contribution in [0.15, 0.2) is 30.9 Å². The first-order valence-corrected chi connectivity index (χ1v) is 4.32. The Morgan fingerprint density at radius 3 is 3.00 bits per heavy atom. The van der Waals surface area contributed by atoms with E-state index in [-0.39, 0.29) is 5.56 Å². The van der Waals surface area contributed by atoms with Gasteiger partial charge in [-0.15, -0.1) is 6.58 Å². The lowest BCUT2D eigenvalue weighted by Gasteiger charge is -2.04. The maximum Gasteiger partial charge on any atom is 0.141 e. The molecule has 72 valence electrons. The van der Waals surface area contributed by atoms with E-state index in [0.29, 0.717) is 0 Å². The molecule has 2 nitrogen and oxygen atoms in total. The number of rotatable bonds is 4. The summed E-state index contributed by atoms with van der Waals surface area (Å²) in [5, 5.41) is 11.6. The quantitative estimate of drug-likeness (QED) is 0.585. The molecule has 0 saturated carbocycles. The van der Waals surface area contributed by atoms with Crippen LogP contribution in [0.5, 0.6) is 0 Å². The zero-order valence-corrected chi connectivity index (χ0v) is 7.76. The third-order valence-corrected chi connectivity index (χ3v) is 1.76. The van der Waals surface area contributed by atoms with E-state index < -0.39 is 5.82 Å². The van der Waals surface area contributed by atoms with Crippen molar-refractivity contribution in [3.05, 3.63) is 42.2 Å². The van der Waals surface area contributed by atoms with Crippen LogP contribution in [0, 0.1) is 17.1 Å². The Morgan fingerprint density at radius 2 is 2.36 bits per heavy atom. The second kappa shape index (κ2) is 5.03. The first-order valence-electron chi connectivity index (χ1n) is 4.32. The second-order valence-electron chi connectivity index (χ2n) is 2.81. The maximum absolute atomic E-state index is 12.9. The van der Waals surface area contributed by atoms with E-state index in [9.17, 15) is 4.39 Å². The average Bonchev–Trinajstić information content (AvgIpc) is 2.21. The number of anilines is 1. The average molecular weight is 190 g/mol. The summed E-state index contributed by atoms with van der Waals surface area (Å²) in [4.78, 5) is 0. The molecular formula is C11H11FN2. The molecule has 0 bridgehead atoms. The topological polar surface area (TPSA) is 35.8 Å². The molecule has 0 unspecified atom stereocenters. The van der Waals surface area contributed by atoms with Crippen molar-refractivity contribution in [2.75, 3.05) is 11.9 Å². The van der Waals surface area contributed by atoms with Crippen LogP contribution < -0.4 is 5.32 Å². The van der Waals surface area contributed by atoms with Gasteiger partial charge in [-0.2, -0.15) is 5.26 Å². The number of nitrogens with one attached hydrogen (secondary N) is 1. The normalized spacial score (nSPS) is 9.14. The number of benzene rings is 1. The molecule has 0 radical (unpaired) electrons. The van der Waals surface area contributed by atoms with Gasteiger partial charge >= 0.3 is 0 Å². The SMILES string of the molecule is C=CCCNc1ccc(F)c(C#N)c1. The molecule has 0 aromatic heterocycles. The van der Waals surface area contributed by atoms with Gasteiger partial charge in [0.25, 0.3) is 0 Å². The molecule has 1 rings (SSSR count). The standard InChI is InChI=1S/C11H11FN2/c1-2-3-6-14-10-4-5-11(12)9(7-10)8-13/h2,4-5,7,14H,1,3,6H2. The van der Waals surface area contributed by atoms with Crippen molar-refractivity contribution in [3.8, 4) is 6.07 Å². The Balaban J connectivity index is 2.70. The van der Waals surface area contributed by atoms with Gasteiger partial charge in [-0.25, -0.2) is 4.39 Å². The van der Waals surface area contributed by atoms with Crippen molar-refractivity contribution in [2.45, 2.75) is 6.42 Å². The molecule has 1 aromatic rings. The van der Waals surface area contributed by atoms with E-state index in [2.05, 4.69) is 11.9 Å². The zero-order valence-electron chi connectivity index (χ0n) is 7.76. The first-order chi connectivity index (χ1) is 6.77. The minimum atomic E-state index is -0.484. The Kier molecular flexibility index (Phi) is 3.69. The Bertz CT molecular complexity index is 366. The van der Waals surface area contributed by atoms with Crippen LogP contribution in [0.1, 0.15) is 12.0 Å². The van der Waals surface area contributed by atoms with Crippen molar-refractivity contribution in [1.82, 2.24) is 0 Å². The minimum Gasteiger partial charge on any atom is -0.385 e. The molecule has 14 heavy (non-hydrogen) atoms. The van der Waals surface area contributed by atoms with Crippen LogP contribution in [0.3, 0.4) is 0 Å². The van der Waals surface area contributed by atoms with Crippen molar-refractivity contribution in [2.24, 2.45) is 0 Å². The fourth-order valence-electron chi connectivity index (χ4n) is 1.04. The van der Waals surface area contributed by atoms with Crippen LogP contribution in [0.4, 0.5) is 10.1 Å². The van der Waals surface area contributed by atoms with Gasteiger partial charge in [0.1, 0.15) is 11.9 Å². The second-order valence-corrected chi connectivity index (χ2v) is 2.81. The molecule has 0 saturated heterocycles. The fraction of sp³-hybridized carbons (Fsp3) is 0.182. The van der Waals surface area contributed by atoms with Crippen molar-refractivity contribution in [3.63, 3.8) is 0 Å². The van der Waals surface area contributed by atoms with Crippen molar-refractivity contribution in [1.29, 1.82) is 5.26 Å². The molecule has 0 aliphatic carbocycles. The van der Waals surface area contributed by atoms with Crippen LogP contribution >= 0.6 is 0 Å². The summed E-state index contributed by atoms with van der Waals surface area (Å²) < 4.78 is 12.9. The number of nitriles is 1. The highest BCUT2D eigenvalue weighted by atomic mass is 19.1. The summed E-state index contributed by atoms with van der Waals surface area (Å²) in [6.45, 7) is 4.32. The third-order valence-electron chi connectivity index (χ3n) is 1.76. The number of halogens is 1. The van der Waals surface area contributed by atoms with E-state index >= 15 is 0 Å². The number of hydrogen-bond donors (Lipinski definition) is 1. The van der Waals surface area contributed by atoms with Crippen LogP contribution in [-0.4, -0.2) is 6.54 Å². The Hall–Kier alpha value is -1.82. The Labute approximate surface area is 82.7 Å². The lowest BCUT2D eigenvalue weighted by atomic mass is 10.2. The minimum absolute atomic E-state index is 0.0635. The summed E-state index contributed by atoms with van der Waals surface area (Å²) in [5.74, 6) is -0.484. The Morgan fingerprint density at radius 1 is 1.57 bits per heavy atom. The van der Waals surface area contributed by atoms with Crippen LogP contribution in [0.2, 0.25) is 0 Å². The van der Waals surface area contributed by atoms with Gasteiger partial charge in [0, 0.05) is 12.2 Å². The maximum atomic E-state index is 12.9.